The fraction of sp³-hybridized carbons (Fsp3) is 0.172. The minimum absolute atomic E-state index is 0.148. The Labute approximate surface area is 232 Å². The third-order valence-electron chi connectivity index (χ3n) is 5.17. The number of hydrogen-bond donors (Lipinski definition) is 2. The molecule has 39 heavy (non-hydrogen) atoms. The van der Waals surface area contributed by atoms with Crippen LogP contribution < -0.4 is 20.1 Å². The van der Waals surface area contributed by atoms with Crippen LogP contribution in [0.15, 0.2) is 91.5 Å². The molecular formula is C29H29ClN4O5. The summed E-state index contributed by atoms with van der Waals surface area (Å²) in [7, 11) is 3.27. The second kappa shape index (κ2) is 15.7. The van der Waals surface area contributed by atoms with Gasteiger partial charge in [-0.1, -0.05) is 54.1 Å². The maximum Gasteiger partial charge on any atom is 0.254 e. The highest BCUT2D eigenvalue weighted by Gasteiger charge is 2.09. The van der Waals surface area contributed by atoms with E-state index in [0.717, 1.165) is 5.56 Å². The van der Waals surface area contributed by atoms with Crippen molar-refractivity contribution >= 4 is 23.4 Å². The molecule has 9 nitrogen and oxygen atoms in total. The Morgan fingerprint density at radius 3 is 2.18 bits per heavy atom. The lowest BCUT2D eigenvalue weighted by Gasteiger charge is -2.10. The van der Waals surface area contributed by atoms with Gasteiger partial charge < -0.3 is 24.8 Å². The van der Waals surface area contributed by atoms with Crippen LogP contribution in [0, 0.1) is 0 Å². The molecule has 0 saturated carbocycles. The van der Waals surface area contributed by atoms with Crippen LogP contribution in [0.4, 0.5) is 0 Å². The summed E-state index contributed by atoms with van der Waals surface area (Å²) >= 11 is 6.18. The molecule has 0 saturated heterocycles. The molecule has 1 aromatic heterocycles. The normalized spacial score (nSPS) is 10.0. The number of aromatic nitrogens is 2. The van der Waals surface area contributed by atoms with Gasteiger partial charge in [-0.25, -0.2) is 9.97 Å². The van der Waals surface area contributed by atoms with E-state index in [9.17, 15) is 9.59 Å². The van der Waals surface area contributed by atoms with Crippen LogP contribution >= 0.6 is 11.6 Å². The van der Waals surface area contributed by atoms with E-state index in [1.54, 1.807) is 44.6 Å². The molecule has 1 heterocycles. The van der Waals surface area contributed by atoms with Crippen molar-refractivity contribution in [2.75, 3.05) is 20.8 Å². The fourth-order valence-electron chi connectivity index (χ4n) is 3.18. The van der Waals surface area contributed by atoms with Gasteiger partial charge in [0.1, 0.15) is 23.6 Å². The van der Waals surface area contributed by atoms with Crippen molar-refractivity contribution in [1.82, 2.24) is 20.6 Å². The van der Waals surface area contributed by atoms with Gasteiger partial charge in [-0.3, -0.25) is 9.59 Å². The molecule has 0 aliphatic heterocycles. The van der Waals surface area contributed by atoms with Crippen LogP contribution in [0.2, 0.25) is 5.02 Å². The zero-order valence-corrected chi connectivity index (χ0v) is 22.4. The van der Waals surface area contributed by atoms with Crippen molar-refractivity contribution in [2.24, 2.45) is 0 Å². The van der Waals surface area contributed by atoms with Crippen molar-refractivity contribution < 1.29 is 23.8 Å². The highest BCUT2D eigenvalue weighted by molar-refractivity contribution is 6.32. The SMILES string of the molecule is COCc1ccccc1.COc1ccc(Oc2ccc(CNC(=O)CNC(=O)c3cncnc3)cc2)c(Cl)c1. The summed E-state index contributed by atoms with van der Waals surface area (Å²) in [6, 6.07) is 22.5. The fourth-order valence-corrected chi connectivity index (χ4v) is 3.39. The van der Waals surface area contributed by atoms with Gasteiger partial charge in [-0.05, 0) is 35.4 Å². The summed E-state index contributed by atoms with van der Waals surface area (Å²) in [6.07, 6.45) is 4.08. The lowest BCUT2D eigenvalue weighted by Crippen LogP contribution is -2.36. The number of nitrogens with one attached hydrogen (secondary N) is 2. The third-order valence-corrected chi connectivity index (χ3v) is 5.46. The van der Waals surface area contributed by atoms with Crippen LogP contribution in [0.1, 0.15) is 21.5 Å². The van der Waals surface area contributed by atoms with Gasteiger partial charge in [0, 0.05) is 32.1 Å². The Kier molecular flexibility index (Phi) is 11.7. The number of carbonyl (C=O) groups excluding carboxylic acids is 2. The maximum absolute atomic E-state index is 11.9. The van der Waals surface area contributed by atoms with E-state index >= 15 is 0 Å². The number of nitrogens with zero attached hydrogens (tertiary/aromatic N) is 2. The first-order valence-electron chi connectivity index (χ1n) is 11.9. The van der Waals surface area contributed by atoms with Gasteiger partial charge in [0.05, 0.1) is 30.8 Å². The lowest BCUT2D eigenvalue weighted by molar-refractivity contribution is -0.120. The smallest absolute Gasteiger partial charge is 0.254 e. The maximum atomic E-state index is 11.9. The Morgan fingerprint density at radius 2 is 1.54 bits per heavy atom. The Bertz CT molecular complexity index is 1320. The first kappa shape index (κ1) is 29.1. The molecule has 0 bridgehead atoms. The lowest BCUT2D eigenvalue weighted by atomic mass is 10.2. The van der Waals surface area contributed by atoms with Crippen LogP contribution in [-0.2, 0) is 22.7 Å². The molecule has 4 rings (SSSR count). The van der Waals surface area contributed by atoms with Crippen LogP contribution in [-0.4, -0.2) is 42.5 Å². The molecule has 3 aromatic carbocycles. The van der Waals surface area contributed by atoms with Crippen molar-refractivity contribution in [3.8, 4) is 17.2 Å². The van der Waals surface area contributed by atoms with Gasteiger partial charge in [0.2, 0.25) is 5.91 Å². The van der Waals surface area contributed by atoms with Crippen molar-refractivity contribution in [2.45, 2.75) is 13.2 Å². The molecule has 0 unspecified atom stereocenters. The third kappa shape index (κ3) is 10.1. The highest BCUT2D eigenvalue weighted by Crippen LogP contribution is 2.32. The quantitative estimate of drug-likeness (QED) is 0.292. The highest BCUT2D eigenvalue weighted by atomic mass is 35.5. The zero-order chi connectivity index (χ0) is 27.9. The number of methoxy groups -OCH3 is 2. The number of halogens is 1. The largest absolute Gasteiger partial charge is 0.497 e. The minimum Gasteiger partial charge on any atom is -0.497 e. The second-order valence-corrected chi connectivity index (χ2v) is 8.45. The summed E-state index contributed by atoms with van der Waals surface area (Å²) in [6.45, 7) is 0.873. The van der Waals surface area contributed by atoms with E-state index in [2.05, 4.69) is 20.6 Å². The molecule has 0 aliphatic rings. The van der Waals surface area contributed by atoms with E-state index in [4.69, 9.17) is 25.8 Å². The monoisotopic (exact) mass is 548 g/mol. The number of benzene rings is 3. The van der Waals surface area contributed by atoms with E-state index in [1.165, 1.54) is 24.3 Å². The average molecular weight is 549 g/mol. The van der Waals surface area contributed by atoms with E-state index in [-0.39, 0.29) is 18.0 Å². The molecule has 0 fully saturated rings. The Morgan fingerprint density at radius 1 is 0.846 bits per heavy atom. The van der Waals surface area contributed by atoms with Crippen molar-refractivity contribution in [3.05, 3.63) is 113 Å². The minimum atomic E-state index is -0.413. The zero-order valence-electron chi connectivity index (χ0n) is 21.6. The number of hydrogen-bond acceptors (Lipinski definition) is 7. The topological polar surface area (TPSA) is 112 Å². The summed E-state index contributed by atoms with van der Waals surface area (Å²) in [4.78, 5) is 31.3. The first-order chi connectivity index (χ1) is 19.0. The number of ether oxygens (including phenoxy) is 3. The van der Waals surface area contributed by atoms with Crippen molar-refractivity contribution in [1.29, 1.82) is 0 Å². The van der Waals surface area contributed by atoms with Gasteiger partial charge in [-0.15, -0.1) is 0 Å². The summed E-state index contributed by atoms with van der Waals surface area (Å²) in [5.41, 5.74) is 2.39. The Hall–Kier alpha value is -4.47. The van der Waals surface area contributed by atoms with E-state index in [1.807, 2.05) is 42.5 Å². The van der Waals surface area contributed by atoms with E-state index < -0.39 is 5.91 Å². The van der Waals surface area contributed by atoms with Crippen LogP contribution in [0.3, 0.4) is 0 Å². The van der Waals surface area contributed by atoms with Crippen LogP contribution in [0.25, 0.3) is 0 Å². The van der Waals surface area contributed by atoms with Gasteiger partial charge in [0.25, 0.3) is 5.91 Å². The second-order valence-electron chi connectivity index (χ2n) is 8.05. The number of amides is 2. The van der Waals surface area contributed by atoms with Crippen LogP contribution in [0.5, 0.6) is 17.2 Å². The molecule has 202 valence electrons. The number of rotatable bonds is 10. The van der Waals surface area contributed by atoms with Gasteiger partial charge in [-0.2, -0.15) is 0 Å². The van der Waals surface area contributed by atoms with Gasteiger partial charge >= 0.3 is 0 Å². The first-order valence-corrected chi connectivity index (χ1v) is 12.3. The number of carbonyl (C=O) groups is 2. The molecule has 0 radical (unpaired) electrons. The summed E-state index contributed by atoms with van der Waals surface area (Å²) in [5, 5.41) is 5.69. The van der Waals surface area contributed by atoms with E-state index in [0.29, 0.717) is 35.4 Å². The Balaban J connectivity index is 0.000000395. The summed E-state index contributed by atoms with van der Waals surface area (Å²) in [5.74, 6) is 1.04. The molecule has 2 amide bonds. The van der Waals surface area contributed by atoms with Crippen molar-refractivity contribution in [3.63, 3.8) is 0 Å². The molecule has 0 spiro atoms. The molecule has 0 aliphatic carbocycles. The predicted molar refractivity (Wildman–Crippen MR) is 148 cm³/mol. The standard InChI is InChI=1S/C21H19ClN4O4.C8H10O/c1-29-17-6-7-19(18(22)8-17)30-16-4-2-14(3-5-16)9-25-20(27)12-26-21(28)15-10-23-13-24-11-15;1-9-7-8-5-3-2-4-6-8/h2-8,10-11,13H,9,12H2,1H3,(H,25,27)(H,26,28);2-6H,7H2,1H3. The predicted octanol–water partition coefficient (Wildman–Crippen LogP) is 4.81. The molecular weight excluding hydrogens is 520 g/mol. The summed E-state index contributed by atoms with van der Waals surface area (Å²) < 4.78 is 15.8. The van der Waals surface area contributed by atoms with Gasteiger partial charge in [0.15, 0.2) is 0 Å². The molecule has 0 atom stereocenters. The molecule has 2 N–H and O–H groups in total. The molecule has 4 aromatic rings. The molecule has 10 heteroatoms. The average Bonchev–Trinajstić information content (AvgIpc) is 2.98.